The summed E-state index contributed by atoms with van der Waals surface area (Å²) in [6, 6.07) is 11.1. The van der Waals surface area contributed by atoms with Crippen molar-refractivity contribution < 1.29 is 14.1 Å². The van der Waals surface area contributed by atoms with Gasteiger partial charge in [0.2, 0.25) is 0 Å². The van der Waals surface area contributed by atoms with E-state index in [0.717, 1.165) is 10.6 Å². The highest BCUT2D eigenvalue weighted by molar-refractivity contribution is 6.02. The van der Waals surface area contributed by atoms with Crippen molar-refractivity contribution in [3.63, 3.8) is 0 Å². The molecule has 2 heterocycles. The smallest absolute Gasteiger partial charge is 0.332 e. The molecule has 0 aliphatic carbocycles. The van der Waals surface area contributed by atoms with E-state index in [1.807, 2.05) is 0 Å². The van der Waals surface area contributed by atoms with Crippen LogP contribution in [0, 0.1) is 15.9 Å². The quantitative estimate of drug-likeness (QED) is 0.399. The Morgan fingerprint density at radius 1 is 1.14 bits per heavy atom. The number of H-pyrrole nitrogens is 1. The number of hydrogen-bond acceptors (Lipinski definition) is 6. The topological polar surface area (TPSA) is 150 Å². The monoisotopic (exact) mass is 394 g/mol. The number of rotatable bonds is 4. The Bertz CT molecular complexity index is 1360. The van der Waals surface area contributed by atoms with Gasteiger partial charge in [0.15, 0.2) is 17.2 Å². The molecule has 0 fully saturated rings. The lowest BCUT2D eigenvalue weighted by molar-refractivity contribution is -0.384. The molecule has 3 N–H and O–H groups in total. The van der Waals surface area contributed by atoms with Gasteiger partial charge in [0.05, 0.1) is 16.2 Å². The first-order chi connectivity index (χ1) is 13.9. The van der Waals surface area contributed by atoms with Crippen LogP contribution in [-0.4, -0.2) is 30.3 Å². The summed E-state index contributed by atoms with van der Waals surface area (Å²) in [5.74, 6) is -1.90. The number of hydrogen-bond donors (Lipinski definition) is 2. The number of primary amides is 1. The van der Waals surface area contributed by atoms with Crippen LogP contribution < -0.4 is 11.4 Å². The first kappa shape index (κ1) is 18.0. The number of benzene rings is 2. The van der Waals surface area contributed by atoms with Crippen LogP contribution in [0.1, 0.15) is 10.5 Å². The summed E-state index contributed by atoms with van der Waals surface area (Å²) in [4.78, 5) is 45.8. The molecule has 11 heteroatoms. The molecule has 10 nitrogen and oxygen atoms in total. The number of para-hydroxylation sites is 2. The lowest BCUT2D eigenvalue weighted by atomic mass is 10.1. The van der Waals surface area contributed by atoms with E-state index < -0.39 is 22.3 Å². The highest BCUT2D eigenvalue weighted by Gasteiger charge is 2.24. The molecule has 2 aromatic heterocycles. The SMILES string of the molecule is NC(=O)c1nc(-c2ccccc2[N+](=O)[O-])nc2c1[nH]c(=O)n2-c1ccccc1F. The molecular formula is C18H11FN6O4. The summed E-state index contributed by atoms with van der Waals surface area (Å²) in [5.41, 5.74) is 3.59. The van der Waals surface area contributed by atoms with Crippen LogP contribution in [0.5, 0.6) is 0 Å². The Balaban J connectivity index is 2.12. The minimum absolute atomic E-state index is 0.00984. The number of carbonyl (C=O) groups is 1. The first-order valence-electron chi connectivity index (χ1n) is 8.19. The normalized spacial score (nSPS) is 10.9. The lowest BCUT2D eigenvalue weighted by Crippen LogP contribution is -2.16. The summed E-state index contributed by atoms with van der Waals surface area (Å²) in [6.07, 6.45) is 0. The van der Waals surface area contributed by atoms with E-state index in [2.05, 4.69) is 15.0 Å². The Labute approximate surface area is 160 Å². The van der Waals surface area contributed by atoms with Crippen molar-refractivity contribution in [1.29, 1.82) is 0 Å². The first-order valence-corrected chi connectivity index (χ1v) is 8.19. The second-order valence-electron chi connectivity index (χ2n) is 5.95. The van der Waals surface area contributed by atoms with Gasteiger partial charge in [-0.1, -0.05) is 24.3 Å². The van der Waals surface area contributed by atoms with E-state index in [1.54, 1.807) is 0 Å². The van der Waals surface area contributed by atoms with Crippen LogP contribution >= 0.6 is 0 Å². The number of amides is 1. The molecule has 0 unspecified atom stereocenters. The number of fused-ring (bicyclic) bond motifs is 1. The van der Waals surface area contributed by atoms with Crippen LogP contribution in [0.25, 0.3) is 28.2 Å². The van der Waals surface area contributed by atoms with Gasteiger partial charge < -0.3 is 10.7 Å². The minimum atomic E-state index is -0.987. The molecule has 4 rings (SSSR count). The fourth-order valence-corrected chi connectivity index (χ4v) is 2.96. The predicted molar refractivity (Wildman–Crippen MR) is 100 cm³/mol. The molecule has 4 aromatic rings. The van der Waals surface area contributed by atoms with E-state index in [9.17, 15) is 24.1 Å². The zero-order valence-electron chi connectivity index (χ0n) is 14.5. The van der Waals surface area contributed by atoms with E-state index in [4.69, 9.17) is 5.73 Å². The van der Waals surface area contributed by atoms with Crippen molar-refractivity contribution >= 4 is 22.8 Å². The van der Waals surface area contributed by atoms with Gasteiger partial charge in [-0.3, -0.25) is 14.9 Å². The number of aromatic nitrogens is 4. The number of aromatic amines is 1. The van der Waals surface area contributed by atoms with Gasteiger partial charge in [-0.25, -0.2) is 23.7 Å². The number of nitrogens with one attached hydrogen (secondary N) is 1. The molecule has 1 amide bonds. The van der Waals surface area contributed by atoms with Crippen molar-refractivity contribution in [3.8, 4) is 17.1 Å². The summed E-state index contributed by atoms with van der Waals surface area (Å²) >= 11 is 0. The van der Waals surface area contributed by atoms with Gasteiger partial charge in [-0.05, 0) is 18.2 Å². The van der Waals surface area contributed by atoms with Crippen molar-refractivity contribution in [2.24, 2.45) is 5.73 Å². The molecule has 0 atom stereocenters. The number of halogens is 1. The largest absolute Gasteiger partial charge is 0.364 e. The number of nitro groups is 1. The van der Waals surface area contributed by atoms with Crippen LogP contribution in [-0.2, 0) is 0 Å². The number of carbonyl (C=O) groups excluding carboxylic acids is 1. The van der Waals surface area contributed by atoms with Gasteiger partial charge in [-0.15, -0.1) is 0 Å². The lowest BCUT2D eigenvalue weighted by Gasteiger charge is -2.07. The highest BCUT2D eigenvalue weighted by atomic mass is 19.1. The summed E-state index contributed by atoms with van der Waals surface area (Å²) in [6.45, 7) is 0. The van der Waals surface area contributed by atoms with Crippen LogP contribution in [0.4, 0.5) is 10.1 Å². The Kier molecular flexibility index (Phi) is 4.11. The Hall–Kier alpha value is -4.41. The molecule has 29 heavy (non-hydrogen) atoms. The fourth-order valence-electron chi connectivity index (χ4n) is 2.96. The van der Waals surface area contributed by atoms with E-state index in [-0.39, 0.29) is 39.6 Å². The molecule has 0 spiro atoms. The standard InChI is InChI=1S/C18H11FN6O4/c19-10-6-2-4-8-12(10)24-17-14(22-18(24)27)13(15(20)26)21-16(23-17)9-5-1-3-7-11(9)25(28)29/h1-8H,(H2,20,26)(H,22,27). The molecule has 0 aliphatic rings. The van der Waals surface area contributed by atoms with Crippen LogP contribution in [0.2, 0.25) is 0 Å². The second-order valence-corrected chi connectivity index (χ2v) is 5.95. The predicted octanol–water partition coefficient (Wildman–Crippen LogP) is 1.92. The molecule has 0 radical (unpaired) electrons. The van der Waals surface area contributed by atoms with Crippen molar-refractivity contribution in [1.82, 2.24) is 19.5 Å². The molecule has 0 bridgehead atoms. The molecular weight excluding hydrogens is 383 g/mol. The van der Waals surface area contributed by atoms with E-state index >= 15 is 0 Å². The molecule has 144 valence electrons. The Morgan fingerprint density at radius 2 is 1.83 bits per heavy atom. The van der Waals surface area contributed by atoms with Gasteiger partial charge in [0, 0.05) is 6.07 Å². The van der Waals surface area contributed by atoms with Gasteiger partial charge >= 0.3 is 5.69 Å². The summed E-state index contributed by atoms with van der Waals surface area (Å²) in [7, 11) is 0. The molecule has 0 saturated carbocycles. The van der Waals surface area contributed by atoms with Crippen LogP contribution in [0.15, 0.2) is 53.3 Å². The number of nitrogens with two attached hydrogens (primary N) is 1. The van der Waals surface area contributed by atoms with Gasteiger partial charge in [0.25, 0.3) is 11.6 Å². The third kappa shape index (κ3) is 2.90. The zero-order valence-corrected chi connectivity index (χ0v) is 14.5. The van der Waals surface area contributed by atoms with Crippen molar-refractivity contribution in [2.75, 3.05) is 0 Å². The molecule has 0 saturated heterocycles. The zero-order chi connectivity index (χ0) is 20.7. The van der Waals surface area contributed by atoms with Gasteiger partial charge in [-0.2, -0.15) is 0 Å². The van der Waals surface area contributed by atoms with E-state index in [1.165, 1.54) is 42.5 Å². The third-order valence-electron chi connectivity index (χ3n) is 4.21. The number of nitrogens with zero attached hydrogens (tertiary/aromatic N) is 4. The maximum Gasteiger partial charge on any atom is 0.332 e. The Morgan fingerprint density at radius 3 is 2.52 bits per heavy atom. The number of imidazole rings is 1. The van der Waals surface area contributed by atoms with Crippen molar-refractivity contribution in [2.45, 2.75) is 0 Å². The van der Waals surface area contributed by atoms with Crippen LogP contribution in [0.3, 0.4) is 0 Å². The average molecular weight is 394 g/mol. The van der Waals surface area contributed by atoms with Crippen molar-refractivity contribution in [3.05, 3.63) is 80.6 Å². The highest BCUT2D eigenvalue weighted by Crippen LogP contribution is 2.29. The second kappa shape index (κ2) is 6.64. The minimum Gasteiger partial charge on any atom is -0.364 e. The summed E-state index contributed by atoms with van der Waals surface area (Å²) in [5, 5.41) is 11.4. The fraction of sp³-hybridized carbons (Fsp3) is 0. The van der Waals surface area contributed by atoms with E-state index in [0.29, 0.717) is 0 Å². The average Bonchev–Trinajstić information content (AvgIpc) is 3.03. The third-order valence-corrected chi connectivity index (χ3v) is 4.21. The van der Waals surface area contributed by atoms with Gasteiger partial charge in [0.1, 0.15) is 11.3 Å². The number of nitro benzene ring substituents is 1. The molecule has 0 aliphatic heterocycles. The maximum absolute atomic E-state index is 14.3. The maximum atomic E-state index is 14.3. The molecule has 2 aromatic carbocycles. The summed E-state index contributed by atoms with van der Waals surface area (Å²) < 4.78 is 15.2.